The van der Waals surface area contributed by atoms with E-state index in [0.717, 1.165) is 6.21 Å². The third-order valence-corrected chi connectivity index (χ3v) is 0.862. The molecular weight excluding hydrogens is 116 g/mol. The maximum atomic E-state index is 10.5. The fraction of sp³-hybridized carbons (Fsp3) is 0.333. The smallest absolute Gasteiger partial charge is 0.162 e. The van der Waals surface area contributed by atoms with Gasteiger partial charge in [-0.3, -0.25) is 4.79 Å². The molecule has 0 rings (SSSR count). The summed E-state index contributed by atoms with van der Waals surface area (Å²) in [5, 5.41) is 9.41. The molecule has 0 radical (unpaired) electrons. The maximum absolute atomic E-state index is 10.5. The van der Waals surface area contributed by atoms with Crippen molar-refractivity contribution >= 4 is 12.0 Å². The van der Waals surface area contributed by atoms with E-state index in [4.69, 9.17) is 5.41 Å². The second-order valence-electron chi connectivity index (χ2n) is 1.59. The van der Waals surface area contributed by atoms with Crippen LogP contribution in [0.3, 0.4) is 0 Å². The van der Waals surface area contributed by atoms with Crippen molar-refractivity contribution in [3.05, 3.63) is 11.8 Å². The van der Waals surface area contributed by atoms with Gasteiger partial charge in [-0.1, -0.05) is 0 Å². The van der Waals surface area contributed by atoms with E-state index in [2.05, 4.69) is 5.32 Å². The topological polar surface area (TPSA) is 53.0 Å². The van der Waals surface area contributed by atoms with Gasteiger partial charge in [0.05, 0.1) is 5.57 Å². The molecule has 0 spiro atoms. The monoisotopic (exact) mass is 126 g/mol. The van der Waals surface area contributed by atoms with Gasteiger partial charge in [0.15, 0.2) is 5.78 Å². The molecule has 0 aromatic carbocycles. The Hall–Kier alpha value is -1.12. The van der Waals surface area contributed by atoms with Crippen LogP contribution in [0.4, 0.5) is 0 Å². The van der Waals surface area contributed by atoms with Crippen LogP contribution in [0.2, 0.25) is 0 Å². The molecule has 50 valence electrons. The van der Waals surface area contributed by atoms with Crippen LogP contribution in [0, 0.1) is 5.41 Å². The van der Waals surface area contributed by atoms with Crippen molar-refractivity contribution in [2.24, 2.45) is 0 Å². The number of rotatable bonds is 3. The van der Waals surface area contributed by atoms with Crippen LogP contribution < -0.4 is 5.32 Å². The minimum atomic E-state index is -0.0978. The Morgan fingerprint density at radius 2 is 2.22 bits per heavy atom. The number of ketones is 1. The zero-order chi connectivity index (χ0) is 7.28. The van der Waals surface area contributed by atoms with Crippen molar-refractivity contribution in [1.82, 2.24) is 5.32 Å². The first-order valence-electron chi connectivity index (χ1n) is 2.61. The van der Waals surface area contributed by atoms with Gasteiger partial charge in [-0.2, -0.15) is 0 Å². The number of nitrogens with one attached hydrogen (secondary N) is 2. The summed E-state index contributed by atoms with van der Waals surface area (Å²) in [6.45, 7) is 1.42. The van der Waals surface area contributed by atoms with Crippen molar-refractivity contribution in [2.45, 2.75) is 6.92 Å². The Bertz CT molecular complexity index is 149. The van der Waals surface area contributed by atoms with Gasteiger partial charge in [-0.15, -0.1) is 0 Å². The molecule has 0 aliphatic rings. The first kappa shape index (κ1) is 7.88. The summed E-state index contributed by atoms with van der Waals surface area (Å²) < 4.78 is 0. The molecule has 0 fully saturated rings. The largest absolute Gasteiger partial charge is 0.393 e. The predicted octanol–water partition coefficient (Wildman–Crippen LogP) is 0.328. The average Bonchev–Trinajstić information content (AvgIpc) is 1.82. The van der Waals surface area contributed by atoms with E-state index in [9.17, 15) is 4.79 Å². The quantitative estimate of drug-likeness (QED) is 0.423. The van der Waals surface area contributed by atoms with Crippen LogP contribution in [-0.2, 0) is 4.79 Å². The Balaban J connectivity index is 4.14. The molecule has 0 aliphatic carbocycles. The Morgan fingerprint density at radius 1 is 1.67 bits per heavy atom. The van der Waals surface area contributed by atoms with E-state index < -0.39 is 0 Å². The van der Waals surface area contributed by atoms with E-state index in [1.54, 1.807) is 7.05 Å². The molecule has 3 heteroatoms. The molecular formula is C6H10N2O. The number of Topliss-reactive ketones (excluding diaryl/α,β-unsaturated/α-hetero) is 1. The molecule has 3 nitrogen and oxygen atoms in total. The van der Waals surface area contributed by atoms with E-state index in [0.29, 0.717) is 5.57 Å². The van der Waals surface area contributed by atoms with Crippen LogP contribution in [0.1, 0.15) is 6.92 Å². The van der Waals surface area contributed by atoms with Crippen molar-refractivity contribution in [2.75, 3.05) is 7.05 Å². The summed E-state index contributed by atoms with van der Waals surface area (Å²) in [6.07, 6.45) is 2.52. The van der Waals surface area contributed by atoms with Gasteiger partial charge in [0.2, 0.25) is 0 Å². The van der Waals surface area contributed by atoms with Crippen molar-refractivity contribution < 1.29 is 4.79 Å². The number of allylic oxidation sites excluding steroid dienone is 1. The highest BCUT2D eigenvalue weighted by atomic mass is 16.1. The van der Waals surface area contributed by atoms with Crippen LogP contribution in [-0.4, -0.2) is 19.0 Å². The zero-order valence-corrected chi connectivity index (χ0v) is 5.56. The van der Waals surface area contributed by atoms with Gasteiger partial charge in [-0.25, -0.2) is 0 Å². The molecule has 0 atom stereocenters. The molecule has 0 aromatic heterocycles. The third kappa shape index (κ3) is 2.64. The SMILES string of the molecule is CN/C=C(\C=N)C(C)=O. The lowest BCUT2D eigenvalue weighted by Gasteiger charge is -1.91. The highest BCUT2D eigenvalue weighted by Gasteiger charge is 1.95. The summed E-state index contributed by atoms with van der Waals surface area (Å²) in [6, 6.07) is 0. The molecule has 0 aromatic rings. The lowest BCUT2D eigenvalue weighted by atomic mass is 10.2. The van der Waals surface area contributed by atoms with Crippen LogP contribution in [0.25, 0.3) is 0 Å². The van der Waals surface area contributed by atoms with Gasteiger partial charge in [0, 0.05) is 19.5 Å². The second kappa shape index (κ2) is 3.83. The van der Waals surface area contributed by atoms with Crippen LogP contribution in [0.5, 0.6) is 0 Å². The number of hydrogen-bond acceptors (Lipinski definition) is 3. The van der Waals surface area contributed by atoms with Crippen molar-refractivity contribution in [3.63, 3.8) is 0 Å². The summed E-state index contributed by atoms with van der Waals surface area (Å²) >= 11 is 0. The Morgan fingerprint density at radius 3 is 2.33 bits per heavy atom. The molecule has 0 amide bonds. The molecule has 9 heavy (non-hydrogen) atoms. The fourth-order valence-electron chi connectivity index (χ4n) is 0.400. The molecule has 0 saturated carbocycles. The summed E-state index contributed by atoms with van der Waals surface area (Å²) in [5.41, 5.74) is 0.387. The number of carbonyl (C=O) groups is 1. The molecule has 0 bridgehead atoms. The van der Waals surface area contributed by atoms with Crippen LogP contribution in [0.15, 0.2) is 11.8 Å². The summed E-state index contributed by atoms with van der Waals surface area (Å²) in [4.78, 5) is 10.5. The van der Waals surface area contributed by atoms with Gasteiger partial charge in [0.25, 0.3) is 0 Å². The second-order valence-corrected chi connectivity index (χ2v) is 1.59. The minimum absolute atomic E-state index is 0.0978. The molecule has 0 unspecified atom stereocenters. The van der Waals surface area contributed by atoms with E-state index in [1.807, 2.05) is 0 Å². The normalized spacial score (nSPS) is 10.7. The first-order valence-corrected chi connectivity index (χ1v) is 2.61. The maximum Gasteiger partial charge on any atom is 0.162 e. The van der Waals surface area contributed by atoms with E-state index in [1.165, 1.54) is 13.1 Å². The molecule has 0 heterocycles. The lowest BCUT2D eigenvalue weighted by molar-refractivity contribution is -0.113. The molecule has 2 N–H and O–H groups in total. The first-order chi connectivity index (χ1) is 4.22. The number of hydrogen-bond donors (Lipinski definition) is 2. The average molecular weight is 126 g/mol. The third-order valence-electron chi connectivity index (χ3n) is 0.862. The predicted molar refractivity (Wildman–Crippen MR) is 36.6 cm³/mol. The van der Waals surface area contributed by atoms with E-state index in [-0.39, 0.29) is 5.78 Å². The standard InChI is InChI=1S/C6H10N2O/c1-5(9)6(3-7)4-8-2/h3-4,7-8H,1-2H3/b6-4+,7-3?. The van der Waals surface area contributed by atoms with Gasteiger partial charge < -0.3 is 10.7 Å². The highest BCUT2D eigenvalue weighted by molar-refractivity contribution is 6.11. The lowest BCUT2D eigenvalue weighted by Crippen LogP contribution is -2.03. The van der Waals surface area contributed by atoms with Crippen molar-refractivity contribution in [1.29, 1.82) is 5.41 Å². The Labute approximate surface area is 54.3 Å². The number of carbonyl (C=O) groups excluding carboxylic acids is 1. The summed E-state index contributed by atoms with van der Waals surface area (Å²) in [7, 11) is 1.69. The van der Waals surface area contributed by atoms with Gasteiger partial charge in [-0.05, 0) is 6.92 Å². The van der Waals surface area contributed by atoms with Gasteiger partial charge in [0.1, 0.15) is 0 Å². The minimum Gasteiger partial charge on any atom is -0.393 e. The van der Waals surface area contributed by atoms with Crippen LogP contribution >= 0.6 is 0 Å². The van der Waals surface area contributed by atoms with Crippen molar-refractivity contribution in [3.8, 4) is 0 Å². The Kier molecular flexibility index (Phi) is 3.35. The zero-order valence-electron chi connectivity index (χ0n) is 5.56. The highest BCUT2D eigenvalue weighted by Crippen LogP contribution is 1.87. The summed E-state index contributed by atoms with van der Waals surface area (Å²) in [5.74, 6) is -0.0978. The molecule has 0 aliphatic heterocycles. The van der Waals surface area contributed by atoms with Gasteiger partial charge >= 0.3 is 0 Å². The molecule has 0 saturated heterocycles. The van der Waals surface area contributed by atoms with E-state index >= 15 is 0 Å². The fourth-order valence-corrected chi connectivity index (χ4v) is 0.400.